The summed E-state index contributed by atoms with van der Waals surface area (Å²) in [6.45, 7) is 0. The van der Waals surface area contributed by atoms with E-state index in [-0.39, 0.29) is 0 Å². The fraction of sp³-hybridized carbons (Fsp3) is 0. The summed E-state index contributed by atoms with van der Waals surface area (Å²) in [5.74, 6) is 0. The van der Waals surface area contributed by atoms with E-state index in [2.05, 4.69) is 0 Å². The number of para-hydroxylation sites is 4. The molecule has 0 atom stereocenters. The van der Waals surface area contributed by atoms with Crippen LogP contribution in [0.2, 0.25) is 0 Å². The molecule has 55 heavy (non-hydrogen) atoms. The first-order valence-corrected chi connectivity index (χ1v) is 16.0. The molecule has 0 aliphatic rings. The molecular formula is C52H34N2O. The lowest BCUT2D eigenvalue weighted by molar-refractivity contribution is 0.674. The second kappa shape index (κ2) is 12.6. The molecule has 0 fully saturated rings. The number of furan rings is 1. The van der Waals surface area contributed by atoms with E-state index in [0.29, 0.717) is 9.47 Å². The predicted octanol–water partition coefficient (Wildman–Crippen LogP) is 14.6. The van der Waals surface area contributed by atoms with Crippen LogP contribution in [0.5, 0.6) is 0 Å². The zero-order chi connectivity index (χ0) is 65.9. The number of aromatic nitrogens is 1. The van der Waals surface area contributed by atoms with Crippen molar-refractivity contribution in [1.82, 2.24) is 4.57 Å². The van der Waals surface area contributed by atoms with E-state index in [1.807, 2.05) is 0 Å². The highest BCUT2D eigenvalue weighted by Crippen LogP contribution is 2.43. The van der Waals surface area contributed by atoms with Gasteiger partial charge in [0.15, 0.2) is 0 Å². The van der Waals surface area contributed by atoms with Gasteiger partial charge < -0.3 is 13.9 Å². The number of fused-ring (bicyclic) bond motifs is 8. The first kappa shape index (κ1) is 12.3. The van der Waals surface area contributed by atoms with Crippen LogP contribution in [-0.2, 0) is 0 Å². The lowest BCUT2D eigenvalue weighted by atomic mass is 9.95. The lowest BCUT2D eigenvalue weighted by Crippen LogP contribution is -2.10. The van der Waals surface area contributed by atoms with Gasteiger partial charge in [-0.1, -0.05) is 139 Å². The van der Waals surface area contributed by atoms with E-state index >= 15 is 0 Å². The molecule has 0 bridgehead atoms. The van der Waals surface area contributed by atoms with Gasteiger partial charge in [-0.2, -0.15) is 0 Å². The van der Waals surface area contributed by atoms with Crippen LogP contribution in [-0.4, -0.2) is 4.57 Å². The smallest absolute Gasteiger partial charge is 0.143 e. The Morgan fingerprint density at radius 3 is 1.53 bits per heavy atom. The van der Waals surface area contributed by atoms with Crippen molar-refractivity contribution in [3.8, 4) is 27.9 Å². The summed E-state index contributed by atoms with van der Waals surface area (Å²) in [6.07, 6.45) is 0. The first-order chi connectivity index (χ1) is 41.4. The van der Waals surface area contributed by atoms with Gasteiger partial charge in [0.05, 0.1) is 57.6 Å². The molecule has 2 heterocycles. The largest absolute Gasteiger partial charge is 0.455 e. The fourth-order valence-corrected chi connectivity index (χ4v) is 6.23. The molecule has 11 rings (SSSR count). The number of nitrogens with zero attached hydrogens (tertiary/aromatic N) is 2. The normalized spacial score (nSPS) is 20.3. The Balaban J connectivity index is 1.28. The van der Waals surface area contributed by atoms with E-state index in [9.17, 15) is 15.1 Å². The number of rotatable bonds is 6. The van der Waals surface area contributed by atoms with Gasteiger partial charge in [0.25, 0.3) is 0 Å². The van der Waals surface area contributed by atoms with E-state index < -0.39 is 305 Å². The Labute approximate surface area is 366 Å². The maximum atomic E-state index is 9.70. The average Bonchev–Trinajstić information content (AvgIpc) is 1.63. The molecule has 0 N–H and O–H groups in total. The van der Waals surface area contributed by atoms with Crippen molar-refractivity contribution in [2.24, 2.45) is 0 Å². The monoisotopic (exact) mass is 736 g/mol. The molecular weight excluding hydrogens is 669 g/mol. The summed E-state index contributed by atoms with van der Waals surface area (Å²) >= 11 is 0. The Morgan fingerprint density at radius 1 is 0.364 bits per heavy atom. The number of hydrogen-bond donors (Lipinski definition) is 0. The Kier molecular flexibility index (Phi) is 2.84. The fourth-order valence-electron chi connectivity index (χ4n) is 6.23. The van der Waals surface area contributed by atoms with Crippen LogP contribution in [0.4, 0.5) is 17.1 Å². The maximum Gasteiger partial charge on any atom is 0.143 e. The number of hydrogen-bond acceptors (Lipinski definition) is 2. The van der Waals surface area contributed by atoms with Crippen molar-refractivity contribution in [2.75, 3.05) is 4.90 Å². The lowest BCUT2D eigenvalue weighted by Gasteiger charge is -2.26. The van der Waals surface area contributed by atoms with Crippen molar-refractivity contribution in [3.63, 3.8) is 0 Å². The summed E-state index contributed by atoms with van der Waals surface area (Å²) in [4.78, 5) is 0.298. The number of anilines is 3. The third kappa shape index (κ3) is 5.05. The minimum atomic E-state index is -1.32. The van der Waals surface area contributed by atoms with Gasteiger partial charge in [-0.25, -0.2) is 0 Å². The van der Waals surface area contributed by atoms with Gasteiger partial charge >= 0.3 is 0 Å². The van der Waals surface area contributed by atoms with Gasteiger partial charge in [0, 0.05) is 55.2 Å². The van der Waals surface area contributed by atoms with Crippen molar-refractivity contribution >= 4 is 71.6 Å². The molecule has 0 radical (unpaired) electrons. The Hall–Kier alpha value is -7.36. The highest BCUT2D eigenvalue weighted by molar-refractivity contribution is 6.20. The van der Waals surface area contributed by atoms with Gasteiger partial charge in [-0.15, -0.1) is 0 Å². The molecule has 0 saturated carbocycles. The second-order valence-corrected chi connectivity index (χ2v) is 11.5. The van der Waals surface area contributed by atoms with E-state index in [1.54, 1.807) is 0 Å². The van der Waals surface area contributed by atoms with Gasteiger partial charge in [0.2, 0.25) is 0 Å². The SMILES string of the molecule is [2H]c1c([2H])c([2H])c(-c2c([2H])c3c(oc4c(-c5c([2H])c([2H])c(N(c6c([2H])c([2H])c([2H])c([2H])c6[2H])c6c([2H])c([2H])c(-n7c8c([2H])c([2H])c([2H])c([2H])c8c8c([2H])c([2H])c([2H])c([2H])c87)c([2H])c6[2H])c([2H])c5[2H])c([2H])c([2H])c([2H])c43)c3c([2H])c([2H])c([2H])c([2H])c23)c([2H])c1[2H]. The maximum absolute atomic E-state index is 9.70. The summed E-state index contributed by atoms with van der Waals surface area (Å²) in [5.41, 5.74) is -10.5. The van der Waals surface area contributed by atoms with Crippen molar-refractivity contribution in [3.05, 3.63) is 205 Å². The van der Waals surface area contributed by atoms with Crippen LogP contribution in [0, 0.1) is 0 Å². The van der Waals surface area contributed by atoms with E-state index in [4.69, 9.17) is 35.9 Å². The summed E-state index contributed by atoms with van der Waals surface area (Å²) < 4.78 is 313. The molecule has 258 valence electrons. The molecule has 0 spiro atoms. The first-order valence-electron chi connectivity index (χ1n) is 33.0. The van der Waals surface area contributed by atoms with Crippen molar-refractivity contribution < 1.29 is 51.0 Å². The Bertz CT molecular complexity index is 5010. The quantitative estimate of drug-likeness (QED) is 0.169. The molecule has 2 aromatic heterocycles. The average molecular weight is 737 g/mol. The molecule has 3 nitrogen and oxygen atoms in total. The van der Waals surface area contributed by atoms with Crippen LogP contribution in [0.3, 0.4) is 0 Å². The van der Waals surface area contributed by atoms with Crippen LogP contribution < -0.4 is 4.90 Å². The molecule has 11 aromatic rings. The minimum absolute atomic E-state index is 0.298. The number of benzene rings is 9. The molecule has 9 aromatic carbocycles. The Morgan fingerprint density at radius 2 is 0.855 bits per heavy atom. The summed E-state index contributed by atoms with van der Waals surface area (Å²) in [5, 5.41) is -3.60. The topological polar surface area (TPSA) is 21.3 Å². The predicted molar refractivity (Wildman–Crippen MR) is 231 cm³/mol. The highest BCUT2D eigenvalue weighted by atomic mass is 16.3. The third-order valence-corrected chi connectivity index (χ3v) is 8.55. The van der Waals surface area contributed by atoms with Crippen molar-refractivity contribution in [1.29, 1.82) is 0 Å². The van der Waals surface area contributed by atoms with Crippen LogP contribution in [0.25, 0.3) is 82.5 Å². The van der Waals surface area contributed by atoms with Crippen LogP contribution in [0.15, 0.2) is 210 Å². The highest BCUT2D eigenvalue weighted by Gasteiger charge is 2.19. The van der Waals surface area contributed by atoms with Gasteiger partial charge in [0.1, 0.15) is 11.2 Å². The molecule has 0 amide bonds. The molecule has 0 unspecified atom stereocenters. The summed E-state index contributed by atoms with van der Waals surface area (Å²) in [7, 11) is 0. The van der Waals surface area contributed by atoms with Crippen LogP contribution in [0.1, 0.15) is 46.6 Å². The molecule has 0 saturated heterocycles. The standard InChI is InChI=1S/C52H34N2O/c1-3-14-35(15-4-1)47-34-48-46-23-13-22-41(51(46)55-52(48)45-21-8-7-18-42(45)47)36-26-28-38(29-27-36)53(37-16-5-2-6-17-37)39-30-32-40(33-31-39)54-49-24-11-9-19-43(49)44-20-10-12-25-50(44)54/h1-34H/i1D,2D,3D,4D,5D,6D,7D,8D,9D,10D,11D,12D,13D,14D,15D,16D,17D,18D,19D,20D,21D,22D,23D,24D,25D,26D,27D,28D,29D,30D,31D,32D,33D,34D. The van der Waals surface area contributed by atoms with E-state index in [0.717, 1.165) is 0 Å². The third-order valence-electron chi connectivity index (χ3n) is 8.55. The van der Waals surface area contributed by atoms with Crippen LogP contribution >= 0.6 is 0 Å². The van der Waals surface area contributed by atoms with Crippen molar-refractivity contribution in [2.45, 2.75) is 0 Å². The molecule has 3 heteroatoms. The van der Waals surface area contributed by atoms with E-state index in [1.165, 1.54) is 0 Å². The van der Waals surface area contributed by atoms with Gasteiger partial charge in [-0.05, 0) is 88.5 Å². The van der Waals surface area contributed by atoms with Gasteiger partial charge in [-0.3, -0.25) is 0 Å². The summed E-state index contributed by atoms with van der Waals surface area (Å²) in [6, 6.07) is -35.2. The molecule has 0 aliphatic heterocycles. The zero-order valence-electron chi connectivity index (χ0n) is 61.3. The minimum Gasteiger partial charge on any atom is -0.455 e. The zero-order valence-corrected chi connectivity index (χ0v) is 27.3. The second-order valence-electron chi connectivity index (χ2n) is 11.5. The molecule has 0 aliphatic carbocycles.